The molecule has 1 aromatic carbocycles. The monoisotopic (exact) mass is 355 g/mol. The van der Waals surface area contributed by atoms with Crippen molar-refractivity contribution in [1.29, 1.82) is 0 Å². The van der Waals surface area contributed by atoms with Crippen molar-refractivity contribution in [3.63, 3.8) is 0 Å². The normalized spacial score (nSPS) is 21.2. The zero-order chi connectivity index (χ0) is 17.6. The molecule has 2 rings (SSSR count). The van der Waals surface area contributed by atoms with E-state index in [2.05, 4.69) is 4.72 Å². The molecule has 134 valence electrons. The molecular formula is C16H25N3O4S. The van der Waals surface area contributed by atoms with Crippen LogP contribution in [0.3, 0.4) is 0 Å². The predicted molar refractivity (Wildman–Crippen MR) is 92.0 cm³/mol. The second-order valence-corrected chi connectivity index (χ2v) is 7.74. The van der Waals surface area contributed by atoms with E-state index in [4.69, 9.17) is 10.5 Å². The third-order valence-electron chi connectivity index (χ3n) is 4.09. The number of rotatable bonds is 8. The zero-order valence-electron chi connectivity index (χ0n) is 13.8. The summed E-state index contributed by atoms with van der Waals surface area (Å²) in [7, 11) is -3.51. The first-order valence-corrected chi connectivity index (χ1v) is 9.71. The van der Waals surface area contributed by atoms with Crippen LogP contribution in [-0.4, -0.2) is 63.9 Å². The van der Waals surface area contributed by atoms with Gasteiger partial charge in [0.2, 0.25) is 15.9 Å². The second kappa shape index (κ2) is 8.57. The number of hydrogen-bond donors (Lipinski definition) is 2. The molecule has 1 aromatic rings. The Hall–Kier alpha value is -1.48. The second-order valence-electron chi connectivity index (χ2n) is 5.82. The number of benzene rings is 1. The number of nitrogens with zero attached hydrogens (tertiary/aromatic N) is 1. The quantitative estimate of drug-likeness (QED) is 0.634. The van der Waals surface area contributed by atoms with E-state index in [1.165, 1.54) is 0 Å². The van der Waals surface area contributed by atoms with Gasteiger partial charge in [0.15, 0.2) is 0 Å². The largest absolute Gasteiger partial charge is 0.381 e. The first kappa shape index (κ1) is 18.9. The van der Waals surface area contributed by atoms with E-state index in [0.717, 1.165) is 5.56 Å². The van der Waals surface area contributed by atoms with Gasteiger partial charge < -0.3 is 15.4 Å². The topological polar surface area (TPSA) is 102 Å². The Labute approximate surface area is 143 Å². The van der Waals surface area contributed by atoms with E-state index in [0.29, 0.717) is 19.7 Å². The van der Waals surface area contributed by atoms with Gasteiger partial charge in [-0.3, -0.25) is 4.79 Å². The van der Waals surface area contributed by atoms with Gasteiger partial charge >= 0.3 is 0 Å². The molecule has 1 fully saturated rings. The summed E-state index contributed by atoms with van der Waals surface area (Å²) in [6.07, 6.45) is 0. The molecule has 8 heteroatoms. The third-order valence-corrected chi connectivity index (χ3v) is 5.38. The van der Waals surface area contributed by atoms with Crippen LogP contribution in [-0.2, 0) is 19.6 Å². The first-order chi connectivity index (χ1) is 11.4. The Bertz CT molecular complexity index is 636. The number of nitrogens with one attached hydrogen (secondary N) is 1. The fourth-order valence-corrected chi connectivity index (χ4v) is 3.58. The van der Waals surface area contributed by atoms with Crippen molar-refractivity contribution >= 4 is 15.9 Å². The predicted octanol–water partition coefficient (Wildman–Crippen LogP) is -0.104. The van der Waals surface area contributed by atoms with Gasteiger partial charge in [0, 0.05) is 31.7 Å². The van der Waals surface area contributed by atoms with E-state index in [9.17, 15) is 13.2 Å². The Morgan fingerprint density at radius 1 is 1.33 bits per heavy atom. The lowest BCUT2D eigenvalue weighted by Crippen LogP contribution is -2.41. The number of carbonyl (C=O) groups excluding carboxylic acids is 1. The lowest BCUT2D eigenvalue weighted by molar-refractivity contribution is -0.128. The van der Waals surface area contributed by atoms with Crippen LogP contribution in [0.15, 0.2) is 30.3 Å². The van der Waals surface area contributed by atoms with Gasteiger partial charge in [-0.2, -0.15) is 0 Å². The van der Waals surface area contributed by atoms with Gasteiger partial charge in [-0.05, 0) is 12.5 Å². The number of amides is 1. The maximum Gasteiger partial charge on any atom is 0.237 e. The molecular weight excluding hydrogens is 330 g/mol. The molecule has 7 nitrogen and oxygen atoms in total. The van der Waals surface area contributed by atoms with Crippen molar-refractivity contribution in [1.82, 2.24) is 9.62 Å². The number of nitrogens with two attached hydrogens (primary N) is 1. The van der Waals surface area contributed by atoms with E-state index in [-0.39, 0.29) is 36.8 Å². The Kier molecular flexibility index (Phi) is 6.73. The maximum atomic E-state index is 12.3. The summed E-state index contributed by atoms with van der Waals surface area (Å²) in [4.78, 5) is 13.9. The standard InChI is InChI=1S/C16H25N3O4S/c1-2-23-8-9-24(21,22)18-10-16(20)19-11-14(15(17)12-19)13-6-4-3-5-7-13/h3-7,14-15,18H,2,8-12,17H2,1H3/t14-,15+/m0/s1. The van der Waals surface area contributed by atoms with E-state index >= 15 is 0 Å². The van der Waals surface area contributed by atoms with Gasteiger partial charge in [0.05, 0.1) is 18.9 Å². The van der Waals surface area contributed by atoms with Crippen molar-refractivity contribution in [3.8, 4) is 0 Å². The van der Waals surface area contributed by atoms with Crippen molar-refractivity contribution in [2.24, 2.45) is 5.73 Å². The highest BCUT2D eigenvalue weighted by atomic mass is 32.2. The van der Waals surface area contributed by atoms with Crippen LogP contribution >= 0.6 is 0 Å². The van der Waals surface area contributed by atoms with Crippen molar-refractivity contribution in [2.75, 3.05) is 38.6 Å². The van der Waals surface area contributed by atoms with E-state index in [1.807, 2.05) is 30.3 Å². The summed E-state index contributed by atoms with van der Waals surface area (Å²) in [6.45, 7) is 3.06. The molecule has 1 saturated heterocycles. The summed E-state index contributed by atoms with van der Waals surface area (Å²) in [6, 6.07) is 9.66. The van der Waals surface area contributed by atoms with Crippen LogP contribution in [0.4, 0.5) is 0 Å². The van der Waals surface area contributed by atoms with E-state index < -0.39 is 10.0 Å². The minimum Gasteiger partial charge on any atom is -0.381 e. The summed E-state index contributed by atoms with van der Waals surface area (Å²) in [5.74, 6) is -0.339. The SMILES string of the molecule is CCOCCS(=O)(=O)NCC(=O)N1C[C@@H](N)[C@H](c2ccccc2)C1. The Balaban J connectivity index is 1.85. The molecule has 0 unspecified atom stereocenters. The molecule has 0 radical (unpaired) electrons. The molecule has 24 heavy (non-hydrogen) atoms. The molecule has 0 saturated carbocycles. The first-order valence-electron chi connectivity index (χ1n) is 8.06. The number of carbonyl (C=O) groups is 1. The summed E-state index contributed by atoms with van der Waals surface area (Å²) in [5.41, 5.74) is 7.25. The molecule has 1 amide bonds. The molecule has 0 spiro atoms. The lowest BCUT2D eigenvalue weighted by atomic mass is 9.95. The molecule has 1 aliphatic rings. The minimum atomic E-state index is -3.51. The molecule has 1 heterocycles. The van der Waals surface area contributed by atoms with Crippen molar-refractivity contribution in [3.05, 3.63) is 35.9 Å². The third kappa shape index (κ3) is 5.27. The Morgan fingerprint density at radius 3 is 2.71 bits per heavy atom. The number of hydrogen-bond acceptors (Lipinski definition) is 5. The van der Waals surface area contributed by atoms with Crippen LogP contribution in [0.2, 0.25) is 0 Å². The molecule has 0 aliphatic carbocycles. The van der Waals surface area contributed by atoms with Crippen LogP contribution in [0.1, 0.15) is 18.4 Å². The highest BCUT2D eigenvalue weighted by Gasteiger charge is 2.33. The fraction of sp³-hybridized carbons (Fsp3) is 0.562. The number of likely N-dealkylation sites (tertiary alicyclic amines) is 1. The van der Waals surface area contributed by atoms with Gasteiger partial charge in [-0.25, -0.2) is 13.1 Å². The maximum absolute atomic E-state index is 12.3. The number of sulfonamides is 1. The van der Waals surface area contributed by atoms with Gasteiger partial charge in [-0.1, -0.05) is 30.3 Å². The summed E-state index contributed by atoms with van der Waals surface area (Å²) >= 11 is 0. The van der Waals surface area contributed by atoms with Crippen LogP contribution in [0.25, 0.3) is 0 Å². The summed E-state index contributed by atoms with van der Waals surface area (Å²) < 4.78 is 30.9. The zero-order valence-corrected chi connectivity index (χ0v) is 14.7. The minimum absolute atomic E-state index is 0.0738. The summed E-state index contributed by atoms with van der Waals surface area (Å²) in [5, 5.41) is 0. The van der Waals surface area contributed by atoms with Crippen LogP contribution < -0.4 is 10.5 Å². The van der Waals surface area contributed by atoms with Crippen molar-refractivity contribution < 1.29 is 17.9 Å². The van der Waals surface area contributed by atoms with Gasteiger partial charge in [0.25, 0.3) is 0 Å². The smallest absolute Gasteiger partial charge is 0.237 e. The molecule has 3 N–H and O–H groups in total. The average molecular weight is 355 g/mol. The average Bonchev–Trinajstić information content (AvgIpc) is 2.96. The lowest BCUT2D eigenvalue weighted by Gasteiger charge is -2.17. The number of ether oxygens (including phenoxy) is 1. The molecule has 0 bridgehead atoms. The molecule has 1 aliphatic heterocycles. The molecule has 2 atom stereocenters. The van der Waals surface area contributed by atoms with Gasteiger partial charge in [0.1, 0.15) is 0 Å². The van der Waals surface area contributed by atoms with Gasteiger partial charge in [-0.15, -0.1) is 0 Å². The van der Waals surface area contributed by atoms with Crippen LogP contribution in [0.5, 0.6) is 0 Å². The van der Waals surface area contributed by atoms with E-state index in [1.54, 1.807) is 11.8 Å². The highest BCUT2D eigenvalue weighted by molar-refractivity contribution is 7.89. The molecule has 0 aromatic heterocycles. The van der Waals surface area contributed by atoms with Crippen LogP contribution in [0, 0.1) is 0 Å². The Morgan fingerprint density at radius 2 is 2.04 bits per heavy atom. The fourth-order valence-electron chi connectivity index (χ4n) is 2.75. The van der Waals surface area contributed by atoms with Crippen molar-refractivity contribution in [2.45, 2.75) is 18.9 Å². The highest BCUT2D eigenvalue weighted by Crippen LogP contribution is 2.26.